The second kappa shape index (κ2) is 6.86. The fourth-order valence-electron chi connectivity index (χ4n) is 2.11. The number of nitrogens with one attached hydrogen (secondary N) is 1. The van der Waals surface area contributed by atoms with Gasteiger partial charge in [0.1, 0.15) is 5.82 Å². The number of ether oxygens (including phenoxy) is 1. The number of benzene rings is 1. The summed E-state index contributed by atoms with van der Waals surface area (Å²) >= 11 is 0. The smallest absolute Gasteiger partial charge is 0.126 e. The van der Waals surface area contributed by atoms with Crippen LogP contribution in [0.1, 0.15) is 32.8 Å². The van der Waals surface area contributed by atoms with Gasteiger partial charge in [0.25, 0.3) is 0 Å². The molecule has 0 spiro atoms. The fourth-order valence-corrected chi connectivity index (χ4v) is 2.11. The van der Waals surface area contributed by atoms with Crippen LogP contribution in [0.5, 0.6) is 0 Å². The predicted molar refractivity (Wildman–Crippen MR) is 73.3 cm³/mol. The van der Waals surface area contributed by atoms with Crippen LogP contribution in [0.25, 0.3) is 0 Å². The summed E-state index contributed by atoms with van der Waals surface area (Å²) in [5.41, 5.74) is 0.563. The van der Waals surface area contributed by atoms with Gasteiger partial charge in [0, 0.05) is 13.2 Å². The van der Waals surface area contributed by atoms with Crippen molar-refractivity contribution in [2.24, 2.45) is 0 Å². The summed E-state index contributed by atoms with van der Waals surface area (Å²) in [6.45, 7) is 7.05. The Morgan fingerprint density at radius 1 is 1.33 bits per heavy atom. The molecule has 18 heavy (non-hydrogen) atoms. The van der Waals surface area contributed by atoms with Crippen LogP contribution in [0.4, 0.5) is 4.39 Å². The van der Waals surface area contributed by atoms with Gasteiger partial charge in [-0.1, -0.05) is 25.1 Å². The molecule has 0 heterocycles. The summed E-state index contributed by atoms with van der Waals surface area (Å²) in [5.74, 6) is -0.129. The summed E-state index contributed by atoms with van der Waals surface area (Å²) in [5, 5.41) is 3.40. The topological polar surface area (TPSA) is 21.3 Å². The van der Waals surface area contributed by atoms with E-state index >= 15 is 0 Å². The maximum Gasteiger partial charge on any atom is 0.126 e. The van der Waals surface area contributed by atoms with Crippen LogP contribution < -0.4 is 5.32 Å². The van der Waals surface area contributed by atoms with Crippen LogP contribution in [-0.4, -0.2) is 25.3 Å². The Hall–Kier alpha value is -0.930. The van der Waals surface area contributed by atoms with Gasteiger partial charge in [0.2, 0.25) is 0 Å². The number of rotatable bonds is 7. The van der Waals surface area contributed by atoms with Crippen LogP contribution in [0, 0.1) is 5.82 Å². The molecule has 0 radical (unpaired) electrons. The molecule has 1 N–H and O–H groups in total. The van der Waals surface area contributed by atoms with E-state index in [1.807, 2.05) is 12.1 Å². The third-order valence-electron chi connectivity index (χ3n) is 3.21. The summed E-state index contributed by atoms with van der Waals surface area (Å²) in [6, 6.07) is 7.18. The fraction of sp³-hybridized carbons (Fsp3) is 0.600. The monoisotopic (exact) mass is 253 g/mol. The average molecular weight is 253 g/mol. The van der Waals surface area contributed by atoms with Gasteiger partial charge in [-0.3, -0.25) is 0 Å². The van der Waals surface area contributed by atoms with E-state index in [9.17, 15) is 4.39 Å². The highest BCUT2D eigenvalue weighted by atomic mass is 19.1. The number of likely N-dealkylation sites (N-methyl/N-ethyl adjacent to an activating group) is 1. The molecule has 0 aromatic heterocycles. The first-order chi connectivity index (χ1) is 8.48. The zero-order chi connectivity index (χ0) is 13.6. The maximum atomic E-state index is 13.6. The highest BCUT2D eigenvalue weighted by molar-refractivity contribution is 5.18. The molecule has 0 bridgehead atoms. The standard InChI is InChI=1S/C15H24FNO/c1-5-17-13(11-15(2,3)18-4)10-12-8-6-7-9-14(12)16/h6-9,13,17H,5,10-11H2,1-4H3. The number of halogens is 1. The highest BCUT2D eigenvalue weighted by Crippen LogP contribution is 2.19. The van der Waals surface area contributed by atoms with Gasteiger partial charge in [0.15, 0.2) is 0 Å². The van der Waals surface area contributed by atoms with Crippen LogP contribution in [-0.2, 0) is 11.2 Å². The molecule has 1 aromatic carbocycles. The molecule has 0 aliphatic carbocycles. The van der Waals surface area contributed by atoms with Crippen molar-refractivity contribution < 1.29 is 9.13 Å². The Kier molecular flexibility index (Phi) is 5.76. The van der Waals surface area contributed by atoms with Crippen LogP contribution in [0.3, 0.4) is 0 Å². The third kappa shape index (κ3) is 4.75. The van der Waals surface area contributed by atoms with Crippen molar-refractivity contribution in [1.82, 2.24) is 5.32 Å². The SMILES string of the molecule is CCNC(Cc1ccccc1F)CC(C)(C)OC. The summed E-state index contributed by atoms with van der Waals surface area (Å²) < 4.78 is 19.1. The first kappa shape index (κ1) is 15.1. The zero-order valence-electron chi connectivity index (χ0n) is 11.8. The van der Waals surface area contributed by atoms with E-state index in [-0.39, 0.29) is 17.5 Å². The van der Waals surface area contributed by atoms with Crippen molar-refractivity contribution >= 4 is 0 Å². The predicted octanol–water partition coefficient (Wildman–Crippen LogP) is 3.16. The van der Waals surface area contributed by atoms with Gasteiger partial charge in [-0.25, -0.2) is 4.39 Å². The Bertz CT molecular complexity index is 365. The van der Waals surface area contributed by atoms with Crippen molar-refractivity contribution in [2.75, 3.05) is 13.7 Å². The van der Waals surface area contributed by atoms with E-state index in [1.54, 1.807) is 13.2 Å². The molecule has 1 atom stereocenters. The number of hydrogen-bond acceptors (Lipinski definition) is 2. The van der Waals surface area contributed by atoms with Gasteiger partial charge in [-0.15, -0.1) is 0 Å². The molecule has 2 nitrogen and oxygen atoms in total. The Morgan fingerprint density at radius 3 is 2.56 bits per heavy atom. The highest BCUT2D eigenvalue weighted by Gasteiger charge is 2.23. The second-order valence-corrected chi connectivity index (χ2v) is 5.22. The minimum absolute atomic E-state index is 0.129. The molecule has 0 aliphatic heterocycles. The number of hydrogen-bond donors (Lipinski definition) is 1. The molecule has 0 saturated heterocycles. The largest absolute Gasteiger partial charge is 0.379 e. The maximum absolute atomic E-state index is 13.6. The minimum Gasteiger partial charge on any atom is -0.379 e. The molecular formula is C15H24FNO. The van der Waals surface area contributed by atoms with Crippen LogP contribution in [0.2, 0.25) is 0 Å². The van der Waals surface area contributed by atoms with Gasteiger partial charge in [-0.2, -0.15) is 0 Å². The molecule has 0 aliphatic rings. The van der Waals surface area contributed by atoms with Crippen LogP contribution >= 0.6 is 0 Å². The lowest BCUT2D eigenvalue weighted by molar-refractivity contribution is 0.00720. The van der Waals surface area contributed by atoms with E-state index in [0.29, 0.717) is 6.42 Å². The molecule has 1 aromatic rings. The molecule has 0 fully saturated rings. The molecule has 102 valence electrons. The van der Waals surface area contributed by atoms with Crippen molar-refractivity contribution in [3.05, 3.63) is 35.6 Å². The summed E-state index contributed by atoms with van der Waals surface area (Å²) in [4.78, 5) is 0. The van der Waals surface area contributed by atoms with Crippen molar-refractivity contribution in [3.8, 4) is 0 Å². The molecule has 3 heteroatoms. The Balaban J connectivity index is 2.72. The van der Waals surface area contributed by atoms with E-state index in [0.717, 1.165) is 18.5 Å². The molecule has 0 saturated carbocycles. The van der Waals surface area contributed by atoms with Gasteiger partial charge in [-0.05, 0) is 44.9 Å². The second-order valence-electron chi connectivity index (χ2n) is 5.22. The zero-order valence-corrected chi connectivity index (χ0v) is 11.8. The minimum atomic E-state index is -0.196. The van der Waals surface area contributed by atoms with Crippen molar-refractivity contribution in [3.63, 3.8) is 0 Å². The Labute approximate surface area is 110 Å². The molecule has 0 amide bonds. The molecular weight excluding hydrogens is 229 g/mol. The Morgan fingerprint density at radius 2 is 2.00 bits per heavy atom. The van der Waals surface area contributed by atoms with E-state index in [2.05, 4.69) is 26.1 Å². The van der Waals surface area contributed by atoms with Crippen LogP contribution in [0.15, 0.2) is 24.3 Å². The lowest BCUT2D eigenvalue weighted by Gasteiger charge is -2.29. The normalized spacial score (nSPS) is 13.6. The third-order valence-corrected chi connectivity index (χ3v) is 3.21. The summed E-state index contributed by atoms with van der Waals surface area (Å²) in [6.07, 6.45) is 1.54. The van der Waals surface area contributed by atoms with Gasteiger partial charge >= 0.3 is 0 Å². The lowest BCUT2D eigenvalue weighted by Crippen LogP contribution is -2.39. The van der Waals surface area contributed by atoms with Crippen molar-refractivity contribution in [2.45, 2.75) is 45.3 Å². The number of methoxy groups -OCH3 is 1. The van der Waals surface area contributed by atoms with E-state index in [4.69, 9.17) is 4.74 Å². The van der Waals surface area contributed by atoms with Gasteiger partial charge in [0.05, 0.1) is 5.60 Å². The quantitative estimate of drug-likeness (QED) is 0.806. The summed E-state index contributed by atoms with van der Waals surface area (Å²) in [7, 11) is 1.71. The van der Waals surface area contributed by atoms with Crippen molar-refractivity contribution in [1.29, 1.82) is 0 Å². The first-order valence-electron chi connectivity index (χ1n) is 6.50. The van der Waals surface area contributed by atoms with E-state index < -0.39 is 0 Å². The first-order valence-corrected chi connectivity index (χ1v) is 6.50. The van der Waals surface area contributed by atoms with E-state index in [1.165, 1.54) is 6.07 Å². The lowest BCUT2D eigenvalue weighted by atomic mass is 9.94. The molecule has 1 rings (SSSR count). The van der Waals surface area contributed by atoms with Gasteiger partial charge < -0.3 is 10.1 Å². The molecule has 1 unspecified atom stereocenters. The average Bonchev–Trinajstić information content (AvgIpc) is 2.32.